The summed E-state index contributed by atoms with van der Waals surface area (Å²) in [5.74, 6) is 0. The molecule has 1 saturated carbocycles. The molecule has 0 aromatic heterocycles. The van der Waals surface area contributed by atoms with Gasteiger partial charge in [0, 0.05) is 12.1 Å². The van der Waals surface area contributed by atoms with E-state index in [2.05, 4.69) is 27.9 Å². The molecule has 0 spiro atoms. The average Bonchev–Trinajstić information content (AvgIpc) is 2.50. The first kappa shape index (κ1) is 15.7. The maximum Gasteiger partial charge on any atom is 0.269 e. The number of nitrogens with zero attached hydrogens (tertiary/aromatic N) is 2. The number of hydroxylamine groups is 1. The molecule has 6 nitrogen and oxygen atoms in total. The van der Waals surface area contributed by atoms with Crippen molar-refractivity contribution in [3.63, 3.8) is 0 Å². The fourth-order valence-corrected chi connectivity index (χ4v) is 2.55. The van der Waals surface area contributed by atoms with Crippen LogP contribution >= 0.6 is 12.2 Å². The first-order valence-electron chi connectivity index (χ1n) is 6.88. The largest absolute Gasteiger partial charge is 0.297 e. The van der Waals surface area contributed by atoms with Crippen LogP contribution in [0.3, 0.4) is 0 Å². The summed E-state index contributed by atoms with van der Waals surface area (Å²) in [5, 5.41) is 13.0. The van der Waals surface area contributed by atoms with E-state index in [4.69, 9.17) is 4.84 Å². The molecule has 1 aliphatic carbocycles. The minimum absolute atomic E-state index is 0.0781. The topological polar surface area (TPSA) is 76.8 Å². The Kier molecular flexibility index (Phi) is 5.95. The number of hydrogen-bond acceptors (Lipinski definition) is 6. The molecular formula is C14H17N3O3S. The Balaban J connectivity index is 1.82. The number of non-ortho nitro benzene ring substituents is 1. The first-order valence-corrected chi connectivity index (χ1v) is 7.29. The van der Waals surface area contributed by atoms with E-state index in [1.54, 1.807) is 12.1 Å². The average molecular weight is 307 g/mol. The van der Waals surface area contributed by atoms with E-state index < -0.39 is 4.92 Å². The molecule has 2 atom stereocenters. The normalized spacial score (nSPS) is 21.5. The van der Waals surface area contributed by atoms with Crippen molar-refractivity contribution in [3.05, 3.63) is 39.9 Å². The van der Waals surface area contributed by atoms with E-state index in [1.165, 1.54) is 12.1 Å². The Morgan fingerprint density at radius 1 is 1.38 bits per heavy atom. The van der Waals surface area contributed by atoms with E-state index >= 15 is 0 Å². The maximum atomic E-state index is 10.6. The zero-order valence-electron chi connectivity index (χ0n) is 11.5. The first-order chi connectivity index (χ1) is 10.2. The monoisotopic (exact) mass is 307 g/mol. The quantitative estimate of drug-likeness (QED) is 0.378. The van der Waals surface area contributed by atoms with E-state index in [1.807, 2.05) is 0 Å². The van der Waals surface area contributed by atoms with Crippen LogP contribution in [0.4, 0.5) is 5.69 Å². The van der Waals surface area contributed by atoms with Gasteiger partial charge in [-0.2, -0.15) is 5.48 Å². The molecule has 1 fully saturated rings. The van der Waals surface area contributed by atoms with Crippen LogP contribution in [0.25, 0.3) is 0 Å². The summed E-state index contributed by atoms with van der Waals surface area (Å²) >= 11 is 4.67. The summed E-state index contributed by atoms with van der Waals surface area (Å²) in [6.45, 7) is 0.350. The summed E-state index contributed by atoms with van der Waals surface area (Å²) in [6, 6.07) is 6.58. The third-order valence-corrected chi connectivity index (χ3v) is 3.67. The fraction of sp³-hybridized carbons (Fsp3) is 0.500. The summed E-state index contributed by atoms with van der Waals surface area (Å²) < 4.78 is 0. The third-order valence-electron chi connectivity index (χ3n) is 3.57. The molecule has 1 N–H and O–H groups in total. The van der Waals surface area contributed by atoms with Crippen LogP contribution in [0.5, 0.6) is 0 Å². The van der Waals surface area contributed by atoms with Gasteiger partial charge in [-0.15, -0.1) is 0 Å². The maximum absolute atomic E-state index is 10.6. The van der Waals surface area contributed by atoms with Crippen molar-refractivity contribution < 1.29 is 9.76 Å². The van der Waals surface area contributed by atoms with Crippen molar-refractivity contribution in [1.29, 1.82) is 0 Å². The second-order valence-corrected chi connectivity index (χ2v) is 5.19. The highest BCUT2D eigenvalue weighted by molar-refractivity contribution is 7.78. The van der Waals surface area contributed by atoms with Gasteiger partial charge in [-0.25, -0.2) is 4.99 Å². The Morgan fingerprint density at radius 2 is 2.10 bits per heavy atom. The van der Waals surface area contributed by atoms with Gasteiger partial charge < -0.3 is 0 Å². The number of aliphatic imine (C=N–C) groups is 1. The van der Waals surface area contributed by atoms with Crippen LogP contribution in [-0.2, 0) is 11.4 Å². The second-order valence-electron chi connectivity index (χ2n) is 5.01. The molecule has 0 amide bonds. The number of benzene rings is 1. The van der Waals surface area contributed by atoms with Crippen LogP contribution in [0, 0.1) is 10.1 Å². The highest BCUT2D eigenvalue weighted by Crippen LogP contribution is 2.21. The van der Waals surface area contributed by atoms with Crippen LogP contribution in [-0.4, -0.2) is 22.2 Å². The van der Waals surface area contributed by atoms with Crippen molar-refractivity contribution in [1.82, 2.24) is 5.48 Å². The Bertz CT molecular complexity index is 529. The van der Waals surface area contributed by atoms with Gasteiger partial charge in [0.1, 0.15) is 0 Å². The molecule has 7 heteroatoms. The lowest BCUT2D eigenvalue weighted by Crippen LogP contribution is -2.41. The smallest absolute Gasteiger partial charge is 0.269 e. The molecule has 2 rings (SSSR count). The number of nitro benzene ring substituents is 1. The van der Waals surface area contributed by atoms with Gasteiger partial charge in [0.25, 0.3) is 5.69 Å². The molecule has 112 valence electrons. The lowest BCUT2D eigenvalue weighted by atomic mass is 9.91. The molecule has 0 saturated heterocycles. The zero-order valence-corrected chi connectivity index (χ0v) is 12.3. The SMILES string of the molecule is O=[N+]([O-])c1ccc(CON[C@H]2CCCC[C@@H]2N=C=S)cc1. The molecule has 0 bridgehead atoms. The molecule has 0 aliphatic heterocycles. The van der Waals surface area contributed by atoms with Gasteiger partial charge >= 0.3 is 0 Å². The predicted molar refractivity (Wildman–Crippen MR) is 82.1 cm³/mol. The van der Waals surface area contributed by atoms with E-state index in [-0.39, 0.29) is 17.8 Å². The summed E-state index contributed by atoms with van der Waals surface area (Å²) in [4.78, 5) is 19.8. The van der Waals surface area contributed by atoms with Crippen LogP contribution in [0.2, 0.25) is 0 Å². The number of isothiocyanates is 1. The van der Waals surface area contributed by atoms with Gasteiger partial charge in [-0.1, -0.05) is 12.8 Å². The van der Waals surface area contributed by atoms with Crippen molar-refractivity contribution in [2.24, 2.45) is 4.99 Å². The van der Waals surface area contributed by atoms with Crippen molar-refractivity contribution in [2.75, 3.05) is 0 Å². The Labute approximate surface area is 128 Å². The number of hydrogen-bond donors (Lipinski definition) is 1. The molecule has 1 aromatic carbocycles. The van der Waals surface area contributed by atoms with Gasteiger partial charge in [0.05, 0.1) is 28.8 Å². The van der Waals surface area contributed by atoms with Crippen molar-refractivity contribution in [3.8, 4) is 0 Å². The van der Waals surface area contributed by atoms with Crippen LogP contribution in [0.15, 0.2) is 29.3 Å². The zero-order chi connectivity index (χ0) is 15.1. The molecule has 0 radical (unpaired) electrons. The van der Waals surface area contributed by atoms with Gasteiger partial charge in [0.2, 0.25) is 0 Å². The number of thiocarbonyl (C=S) groups is 1. The number of nitro groups is 1. The van der Waals surface area contributed by atoms with Crippen molar-refractivity contribution >= 4 is 23.1 Å². The van der Waals surface area contributed by atoms with Crippen molar-refractivity contribution in [2.45, 2.75) is 44.4 Å². The Morgan fingerprint density at radius 3 is 2.76 bits per heavy atom. The summed E-state index contributed by atoms with van der Waals surface area (Å²) in [6.07, 6.45) is 4.27. The summed E-state index contributed by atoms with van der Waals surface area (Å²) in [5.41, 5.74) is 3.98. The standard InChI is InChI=1S/C14H17N3O3S/c18-17(19)12-7-5-11(6-8-12)9-20-16-14-4-2-1-3-13(14)15-10-21/h5-8,13-14,16H,1-4,9H2/t13-,14-/m0/s1. The predicted octanol–water partition coefficient (Wildman–Crippen LogP) is 3.03. The lowest BCUT2D eigenvalue weighted by molar-refractivity contribution is -0.384. The summed E-state index contributed by atoms with van der Waals surface area (Å²) in [7, 11) is 0. The molecule has 1 aromatic rings. The molecule has 0 unspecified atom stereocenters. The fourth-order valence-electron chi connectivity index (χ4n) is 2.42. The van der Waals surface area contributed by atoms with Crippen LogP contribution < -0.4 is 5.48 Å². The molecule has 0 heterocycles. The van der Waals surface area contributed by atoms with E-state index in [9.17, 15) is 10.1 Å². The second kappa shape index (κ2) is 7.95. The molecule has 21 heavy (non-hydrogen) atoms. The highest BCUT2D eigenvalue weighted by Gasteiger charge is 2.24. The van der Waals surface area contributed by atoms with Gasteiger partial charge in [-0.3, -0.25) is 15.0 Å². The minimum Gasteiger partial charge on any atom is -0.297 e. The van der Waals surface area contributed by atoms with Crippen LogP contribution in [0.1, 0.15) is 31.2 Å². The van der Waals surface area contributed by atoms with E-state index in [0.29, 0.717) is 6.61 Å². The lowest BCUT2D eigenvalue weighted by Gasteiger charge is -2.28. The molecular weight excluding hydrogens is 290 g/mol. The van der Waals surface area contributed by atoms with Gasteiger partial charge in [0.15, 0.2) is 0 Å². The minimum atomic E-state index is -0.418. The highest BCUT2D eigenvalue weighted by atomic mass is 32.1. The number of nitrogens with one attached hydrogen (secondary N) is 1. The molecule has 1 aliphatic rings. The van der Waals surface area contributed by atoms with E-state index in [0.717, 1.165) is 31.2 Å². The Hall–Kier alpha value is -1.66. The third kappa shape index (κ3) is 4.68. The van der Waals surface area contributed by atoms with Gasteiger partial charge in [-0.05, 0) is 42.8 Å². The number of rotatable bonds is 6.